The molecule has 1 aromatic rings. The van der Waals surface area contributed by atoms with Gasteiger partial charge in [0.25, 0.3) is 0 Å². The number of carbonyl (C=O) groups is 1. The van der Waals surface area contributed by atoms with Gasteiger partial charge in [0, 0.05) is 12.1 Å². The monoisotopic (exact) mass is 300 g/mol. The molecule has 4 N–H and O–H groups in total. The van der Waals surface area contributed by atoms with Crippen LogP contribution in [0, 0.1) is 5.92 Å². The molecule has 0 spiro atoms. The summed E-state index contributed by atoms with van der Waals surface area (Å²) in [6.45, 7) is 4.24. The van der Waals surface area contributed by atoms with E-state index in [0.29, 0.717) is 11.0 Å². The van der Waals surface area contributed by atoms with E-state index >= 15 is 0 Å². The minimum absolute atomic E-state index is 0.113. The molecule has 94 valence electrons. The molecule has 0 aliphatic heterocycles. The number of benzene rings is 1. The van der Waals surface area contributed by atoms with Crippen molar-refractivity contribution in [2.24, 2.45) is 11.7 Å². The molecule has 0 saturated heterocycles. The van der Waals surface area contributed by atoms with Gasteiger partial charge in [0.1, 0.15) is 5.75 Å². The van der Waals surface area contributed by atoms with Crippen molar-refractivity contribution in [3.8, 4) is 5.75 Å². The molecule has 5 heteroatoms. The Labute approximate surface area is 109 Å². The molecule has 17 heavy (non-hydrogen) atoms. The number of hydrogen-bond acceptors (Lipinski definition) is 3. The molecule has 4 nitrogen and oxygen atoms in total. The molecule has 0 fully saturated rings. The van der Waals surface area contributed by atoms with Gasteiger partial charge in [-0.25, -0.2) is 0 Å². The normalized spacial score (nSPS) is 12.7. The van der Waals surface area contributed by atoms with Crippen LogP contribution in [0.25, 0.3) is 0 Å². The third-order valence-electron chi connectivity index (χ3n) is 2.56. The summed E-state index contributed by atoms with van der Waals surface area (Å²) in [5.41, 5.74) is 6.02. The van der Waals surface area contributed by atoms with E-state index in [9.17, 15) is 9.90 Å². The Morgan fingerprint density at radius 1 is 1.53 bits per heavy atom. The van der Waals surface area contributed by atoms with E-state index in [0.717, 1.165) is 5.56 Å². The molecule has 1 atom stereocenters. The van der Waals surface area contributed by atoms with E-state index in [1.165, 1.54) is 0 Å². The van der Waals surface area contributed by atoms with Gasteiger partial charge in [-0.2, -0.15) is 0 Å². The lowest BCUT2D eigenvalue weighted by molar-refractivity contribution is -0.121. The standard InChI is InChI=1S/C12H17BrN2O2/c1-7(2)10(12(14)17)15-6-8-4-3-5-9(13)11(8)16/h3-5,7,10,15-16H,6H2,1-2H3,(H2,14,17). The van der Waals surface area contributed by atoms with Crippen LogP contribution < -0.4 is 11.1 Å². The lowest BCUT2D eigenvalue weighted by Gasteiger charge is -2.19. The fraction of sp³-hybridized carbons (Fsp3) is 0.417. The predicted molar refractivity (Wildman–Crippen MR) is 70.5 cm³/mol. The molecule has 0 bridgehead atoms. The molecule has 1 rings (SSSR count). The Morgan fingerprint density at radius 2 is 2.18 bits per heavy atom. The average Bonchev–Trinajstić information content (AvgIpc) is 2.23. The number of rotatable bonds is 5. The Kier molecular flexibility index (Phi) is 4.96. The van der Waals surface area contributed by atoms with E-state index in [1.807, 2.05) is 19.9 Å². The van der Waals surface area contributed by atoms with Gasteiger partial charge in [-0.3, -0.25) is 4.79 Å². The number of aromatic hydroxyl groups is 1. The molecule has 0 saturated carbocycles. The van der Waals surface area contributed by atoms with Gasteiger partial charge < -0.3 is 16.2 Å². The highest BCUT2D eigenvalue weighted by Gasteiger charge is 2.19. The van der Waals surface area contributed by atoms with Crippen LogP contribution in [-0.4, -0.2) is 17.1 Å². The molecule has 1 unspecified atom stereocenters. The summed E-state index contributed by atoms with van der Waals surface area (Å²) in [5, 5.41) is 12.8. The Hall–Kier alpha value is -1.07. The van der Waals surface area contributed by atoms with E-state index in [2.05, 4.69) is 21.2 Å². The molecule has 0 aliphatic rings. The molecule has 1 amide bonds. The highest BCUT2D eigenvalue weighted by atomic mass is 79.9. The quantitative estimate of drug-likeness (QED) is 0.775. The summed E-state index contributed by atoms with van der Waals surface area (Å²) >= 11 is 3.24. The first kappa shape index (κ1) is 14.0. The van der Waals surface area contributed by atoms with Crippen LogP contribution in [-0.2, 0) is 11.3 Å². The third kappa shape index (κ3) is 3.71. The molecule has 0 heterocycles. The summed E-state index contributed by atoms with van der Waals surface area (Å²) in [5.74, 6) is -0.0803. The van der Waals surface area contributed by atoms with Crippen LogP contribution in [0.3, 0.4) is 0 Å². The highest BCUT2D eigenvalue weighted by Crippen LogP contribution is 2.27. The zero-order chi connectivity index (χ0) is 13.0. The molecule has 0 aliphatic carbocycles. The van der Waals surface area contributed by atoms with Gasteiger partial charge in [-0.05, 0) is 27.9 Å². The van der Waals surface area contributed by atoms with E-state index < -0.39 is 6.04 Å². The summed E-state index contributed by atoms with van der Waals surface area (Å²) < 4.78 is 0.636. The highest BCUT2D eigenvalue weighted by molar-refractivity contribution is 9.10. The van der Waals surface area contributed by atoms with Crippen molar-refractivity contribution in [1.29, 1.82) is 0 Å². The second-order valence-corrected chi connectivity index (χ2v) is 5.11. The lowest BCUT2D eigenvalue weighted by Crippen LogP contribution is -2.44. The number of phenolic OH excluding ortho intramolecular Hbond substituents is 1. The first-order valence-corrected chi connectivity index (χ1v) is 6.21. The van der Waals surface area contributed by atoms with E-state index in [4.69, 9.17) is 5.73 Å². The number of nitrogens with two attached hydrogens (primary N) is 1. The van der Waals surface area contributed by atoms with Crippen molar-refractivity contribution < 1.29 is 9.90 Å². The topological polar surface area (TPSA) is 75.3 Å². The smallest absolute Gasteiger partial charge is 0.234 e. The molecular weight excluding hydrogens is 284 g/mol. The van der Waals surface area contributed by atoms with Gasteiger partial charge in [0.15, 0.2) is 0 Å². The van der Waals surface area contributed by atoms with Crippen LogP contribution >= 0.6 is 15.9 Å². The summed E-state index contributed by atoms with van der Waals surface area (Å²) in [6.07, 6.45) is 0. The number of para-hydroxylation sites is 1. The predicted octanol–water partition coefficient (Wildman–Crippen LogP) is 1.75. The van der Waals surface area contributed by atoms with Gasteiger partial charge in [0.05, 0.1) is 10.5 Å². The minimum atomic E-state index is -0.395. The number of hydrogen-bond donors (Lipinski definition) is 3. The van der Waals surface area contributed by atoms with Crippen molar-refractivity contribution >= 4 is 21.8 Å². The number of halogens is 1. The zero-order valence-corrected chi connectivity index (χ0v) is 11.5. The number of carbonyl (C=O) groups excluding carboxylic acids is 1. The molecule has 0 aromatic heterocycles. The van der Waals surface area contributed by atoms with Crippen molar-refractivity contribution in [3.05, 3.63) is 28.2 Å². The summed E-state index contributed by atoms with van der Waals surface area (Å²) in [7, 11) is 0. The maximum Gasteiger partial charge on any atom is 0.234 e. The summed E-state index contributed by atoms with van der Waals surface area (Å²) in [4.78, 5) is 11.2. The van der Waals surface area contributed by atoms with E-state index in [1.54, 1.807) is 12.1 Å². The SMILES string of the molecule is CC(C)C(NCc1cccc(Br)c1O)C(N)=O. The maximum atomic E-state index is 11.2. The molecule has 0 radical (unpaired) electrons. The minimum Gasteiger partial charge on any atom is -0.506 e. The van der Waals surface area contributed by atoms with Gasteiger partial charge in [-0.15, -0.1) is 0 Å². The van der Waals surface area contributed by atoms with Crippen LogP contribution in [0.5, 0.6) is 5.75 Å². The Morgan fingerprint density at radius 3 is 2.71 bits per heavy atom. The summed E-state index contributed by atoms with van der Waals surface area (Å²) in [6, 6.07) is 4.99. The third-order valence-corrected chi connectivity index (χ3v) is 3.20. The first-order chi connectivity index (χ1) is 7.93. The van der Waals surface area contributed by atoms with Gasteiger partial charge in [0.2, 0.25) is 5.91 Å². The van der Waals surface area contributed by atoms with Gasteiger partial charge >= 0.3 is 0 Å². The van der Waals surface area contributed by atoms with Crippen LogP contribution in [0.1, 0.15) is 19.4 Å². The Balaban J connectivity index is 2.72. The second-order valence-electron chi connectivity index (χ2n) is 4.25. The second kappa shape index (κ2) is 6.02. The molecule has 1 aromatic carbocycles. The van der Waals surface area contributed by atoms with Gasteiger partial charge in [-0.1, -0.05) is 26.0 Å². The number of phenols is 1. The number of amides is 1. The van der Waals surface area contributed by atoms with Crippen LogP contribution in [0.15, 0.2) is 22.7 Å². The van der Waals surface area contributed by atoms with Crippen molar-refractivity contribution in [2.75, 3.05) is 0 Å². The van der Waals surface area contributed by atoms with Crippen LogP contribution in [0.4, 0.5) is 0 Å². The van der Waals surface area contributed by atoms with Crippen LogP contribution in [0.2, 0.25) is 0 Å². The average molecular weight is 301 g/mol. The lowest BCUT2D eigenvalue weighted by atomic mass is 10.0. The zero-order valence-electron chi connectivity index (χ0n) is 9.90. The first-order valence-electron chi connectivity index (χ1n) is 5.42. The number of primary amides is 1. The van der Waals surface area contributed by atoms with Crippen molar-refractivity contribution in [3.63, 3.8) is 0 Å². The molecular formula is C12H17BrN2O2. The fourth-order valence-corrected chi connectivity index (χ4v) is 1.99. The number of nitrogens with one attached hydrogen (secondary N) is 1. The van der Waals surface area contributed by atoms with E-state index in [-0.39, 0.29) is 17.6 Å². The fourth-order valence-electron chi connectivity index (χ4n) is 1.59. The van der Waals surface area contributed by atoms with Crippen molar-refractivity contribution in [1.82, 2.24) is 5.32 Å². The maximum absolute atomic E-state index is 11.2. The van der Waals surface area contributed by atoms with Crippen molar-refractivity contribution in [2.45, 2.75) is 26.4 Å². The Bertz CT molecular complexity index is 407. The largest absolute Gasteiger partial charge is 0.506 e.